The zero-order chi connectivity index (χ0) is 6.97. The Morgan fingerprint density at radius 2 is 2.00 bits per heavy atom. The van der Waals surface area contributed by atoms with Crippen LogP contribution in [0.2, 0.25) is 0 Å². The van der Waals surface area contributed by atoms with E-state index in [9.17, 15) is 0 Å². The van der Waals surface area contributed by atoms with Gasteiger partial charge in [-0.2, -0.15) is 0 Å². The van der Waals surface area contributed by atoms with Gasteiger partial charge in [0.25, 0.3) is 0 Å². The van der Waals surface area contributed by atoms with Crippen LogP contribution in [0, 0.1) is 6.92 Å². The van der Waals surface area contributed by atoms with E-state index in [-0.39, 0.29) is 0 Å². The lowest BCUT2D eigenvalue weighted by Crippen LogP contribution is -1.56. The molecule has 0 aliphatic heterocycles. The van der Waals surface area contributed by atoms with Crippen molar-refractivity contribution >= 4 is 21.4 Å². The molecule has 0 unspecified atom stereocenters. The van der Waals surface area contributed by atoms with E-state index >= 15 is 0 Å². The van der Waals surface area contributed by atoms with Crippen molar-refractivity contribution in [1.29, 1.82) is 0 Å². The number of benzene rings is 1. The van der Waals surface area contributed by atoms with Crippen LogP contribution >= 0.6 is 11.3 Å². The Kier molecular flexibility index (Phi) is 1.24. The first kappa shape index (κ1) is 5.93. The third-order valence-corrected chi connectivity index (χ3v) is 2.39. The van der Waals surface area contributed by atoms with Crippen molar-refractivity contribution in [3.05, 3.63) is 42.1 Å². The molecular weight excluding hydrogens is 140 g/mol. The highest BCUT2D eigenvalue weighted by Crippen LogP contribution is 2.23. The average molecular weight is 146 g/mol. The van der Waals surface area contributed by atoms with E-state index < -0.39 is 0 Å². The fraction of sp³-hybridized carbons (Fsp3) is 0. The second kappa shape index (κ2) is 2.10. The van der Waals surface area contributed by atoms with Crippen LogP contribution in [0.3, 0.4) is 0 Å². The zero-order valence-corrected chi connectivity index (χ0v) is 6.19. The quantitative estimate of drug-likeness (QED) is 0.536. The summed E-state index contributed by atoms with van der Waals surface area (Å²) in [6.45, 7) is 5.61. The fourth-order valence-electron chi connectivity index (χ4n) is 1.00. The largest absolute Gasteiger partial charge is 0.140 e. The summed E-state index contributed by atoms with van der Waals surface area (Å²) in [6.07, 6.45) is 0. The Bertz CT molecular complexity index is 313. The van der Waals surface area contributed by atoms with Crippen molar-refractivity contribution in [2.45, 2.75) is 0 Å². The van der Waals surface area contributed by atoms with E-state index in [0.717, 1.165) is 4.88 Å². The van der Waals surface area contributed by atoms with Gasteiger partial charge >= 0.3 is 0 Å². The predicted octanol–water partition coefficient (Wildman–Crippen LogP) is 2.96. The minimum atomic E-state index is 0.890. The molecule has 48 valence electrons. The minimum Gasteiger partial charge on any atom is -0.140 e. The predicted molar refractivity (Wildman–Crippen MR) is 45.2 cm³/mol. The number of thiophene rings is 1. The second-order valence-corrected chi connectivity index (χ2v) is 3.30. The smallest absolute Gasteiger partial charge is 0.0345 e. The van der Waals surface area contributed by atoms with Gasteiger partial charge < -0.3 is 0 Å². The molecule has 0 aliphatic rings. The lowest BCUT2D eigenvalue weighted by Gasteiger charge is -1.82. The Morgan fingerprint density at radius 1 is 1.20 bits per heavy atom. The van der Waals surface area contributed by atoms with Crippen LogP contribution in [-0.4, -0.2) is 0 Å². The monoisotopic (exact) mass is 146 g/mol. The number of hydrogen-bond acceptors (Lipinski definition) is 1. The Morgan fingerprint density at radius 3 is 2.80 bits per heavy atom. The van der Waals surface area contributed by atoms with Gasteiger partial charge in [-0.3, -0.25) is 0 Å². The lowest BCUT2D eigenvalue weighted by atomic mass is 10.2. The molecule has 0 atom stereocenters. The Hall–Kier alpha value is -0.820. The molecule has 1 heterocycles. The topological polar surface area (TPSA) is 0 Å². The van der Waals surface area contributed by atoms with Crippen LogP contribution in [0.4, 0.5) is 0 Å². The Labute approximate surface area is 64.1 Å². The van der Waals surface area contributed by atoms with E-state index in [2.05, 4.69) is 12.1 Å². The minimum absolute atomic E-state index is 0.890. The van der Waals surface area contributed by atoms with Crippen LogP contribution in [-0.2, 0) is 0 Å². The van der Waals surface area contributed by atoms with Gasteiger partial charge in [-0.25, -0.2) is 0 Å². The number of rotatable bonds is 0. The highest BCUT2D eigenvalue weighted by Gasteiger charge is 1.93. The summed E-state index contributed by atoms with van der Waals surface area (Å²) in [4.78, 5) is 0.890. The van der Waals surface area contributed by atoms with Crippen molar-refractivity contribution < 1.29 is 0 Å². The van der Waals surface area contributed by atoms with E-state index in [1.54, 1.807) is 11.3 Å². The SMILES string of the molecule is [CH]c1cc2ccccc2s1. The van der Waals surface area contributed by atoms with Gasteiger partial charge in [-0.15, -0.1) is 11.3 Å². The highest BCUT2D eigenvalue weighted by atomic mass is 32.1. The summed E-state index contributed by atoms with van der Waals surface area (Å²) >= 11 is 1.63. The van der Waals surface area contributed by atoms with Gasteiger partial charge in [0, 0.05) is 16.5 Å². The molecule has 1 aromatic heterocycles. The summed E-state index contributed by atoms with van der Waals surface area (Å²) in [5.74, 6) is 0. The molecule has 0 spiro atoms. The molecule has 10 heavy (non-hydrogen) atoms. The van der Waals surface area contributed by atoms with Gasteiger partial charge in [-0.1, -0.05) is 18.2 Å². The first-order valence-corrected chi connectivity index (χ1v) is 3.92. The maximum atomic E-state index is 5.61. The maximum Gasteiger partial charge on any atom is 0.0345 e. The summed E-state index contributed by atoms with van der Waals surface area (Å²) in [7, 11) is 0. The molecule has 0 saturated carbocycles. The molecule has 0 nitrogen and oxygen atoms in total. The van der Waals surface area contributed by atoms with Crippen molar-refractivity contribution in [2.75, 3.05) is 0 Å². The molecule has 2 rings (SSSR count). The summed E-state index contributed by atoms with van der Waals surface area (Å²) in [5.41, 5.74) is 0. The van der Waals surface area contributed by atoms with E-state index in [4.69, 9.17) is 6.92 Å². The number of hydrogen-bond donors (Lipinski definition) is 0. The van der Waals surface area contributed by atoms with E-state index in [1.807, 2.05) is 18.2 Å². The molecule has 0 N–H and O–H groups in total. The zero-order valence-electron chi connectivity index (χ0n) is 5.37. The van der Waals surface area contributed by atoms with Crippen LogP contribution < -0.4 is 0 Å². The highest BCUT2D eigenvalue weighted by molar-refractivity contribution is 7.19. The number of fused-ring (bicyclic) bond motifs is 1. The van der Waals surface area contributed by atoms with Crippen molar-refractivity contribution in [1.82, 2.24) is 0 Å². The fourth-order valence-corrected chi connectivity index (χ4v) is 1.83. The van der Waals surface area contributed by atoms with Crippen LogP contribution in [0.15, 0.2) is 30.3 Å². The van der Waals surface area contributed by atoms with Gasteiger partial charge in [-0.05, 0) is 17.5 Å². The van der Waals surface area contributed by atoms with Crippen molar-refractivity contribution in [3.8, 4) is 0 Å². The molecule has 0 bridgehead atoms. The Balaban J connectivity index is 2.88. The third-order valence-electron chi connectivity index (χ3n) is 1.44. The summed E-state index contributed by atoms with van der Waals surface area (Å²) in [5, 5.41) is 1.24. The standard InChI is InChI=1S/C9H6S/c1-7-6-8-4-2-3-5-9(8)10-7/h1-6H. The molecular formula is C9H6S. The molecule has 0 amide bonds. The van der Waals surface area contributed by atoms with Gasteiger partial charge in [0.1, 0.15) is 0 Å². The van der Waals surface area contributed by atoms with Gasteiger partial charge in [0.15, 0.2) is 0 Å². The van der Waals surface area contributed by atoms with Crippen LogP contribution in [0.1, 0.15) is 4.88 Å². The molecule has 1 heteroatoms. The van der Waals surface area contributed by atoms with E-state index in [0.29, 0.717) is 0 Å². The molecule has 0 aliphatic carbocycles. The molecule has 0 fully saturated rings. The van der Waals surface area contributed by atoms with Gasteiger partial charge in [0.05, 0.1) is 0 Å². The normalized spacial score (nSPS) is 10.5. The lowest BCUT2D eigenvalue weighted by molar-refractivity contribution is 1.84. The summed E-state index contributed by atoms with van der Waals surface area (Å²) < 4.78 is 1.26. The van der Waals surface area contributed by atoms with Gasteiger partial charge in [0.2, 0.25) is 0 Å². The van der Waals surface area contributed by atoms with Crippen LogP contribution in [0.25, 0.3) is 10.1 Å². The first-order valence-electron chi connectivity index (χ1n) is 3.10. The van der Waals surface area contributed by atoms with Crippen LogP contribution in [0.5, 0.6) is 0 Å². The molecule has 2 aromatic rings. The van der Waals surface area contributed by atoms with Crippen molar-refractivity contribution in [3.63, 3.8) is 0 Å². The molecule has 2 radical (unpaired) electrons. The third kappa shape index (κ3) is 0.830. The summed E-state index contributed by atoms with van der Waals surface area (Å²) in [6, 6.07) is 10.2. The maximum absolute atomic E-state index is 5.61. The molecule has 0 saturated heterocycles. The molecule has 1 aromatic carbocycles. The van der Waals surface area contributed by atoms with Crippen molar-refractivity contribution in [2.24, 2.45) is 0 Å². The van der Waals surface area contributed by atoms with E-state index in [1.165, 1.54) is 10.1 Å². The first-order chi connectivity index (χ1) is 4.86. The average Bonchev–Trinajstić information content (AvgIpc) is 2.27. The second-order valence-electron chi connectivity index (χ2n) is 2.19.